The number of rotatable bonds is 3. The Morgan fingerprint density at radius 3 is 2.58 bits per heavy atom. The fraction of sp³-hybridized carbons (Fsp3) is 0.483. The van der Waals surface area contributed by atoms with Crippen LogP contribution < -0.4 is 0 Å². The molecule has 1 aromatic carbocycles. The minimum absolute atomic E-state index is 0.0185. The predicted molar refractivity (Wildman–Crippen MR) is 145 cm³/mol. The van der Waals surface area contributed by atoms with Gasteiger partial charge in [-0.1, -0.05) is 44.2 Å². The second-order valence-electron chi connectivity index (χ2n) is 10.4. The quantitative estimate of drug-likeness (QED) is 0.459. The molecule has 36 heavy (non-hydrogen) atoms. The highest BCUT2D eigenvalue weighted by atomic mass is 32.2. The Hall–Kier alpha value is -2.98. The zero-order valence-electron chi connectivity index (χ0n) is 21.9. The van der Waals surface area contributed by atoms with Gasteiger partial charge in [-0.2, -0.15) is 5.26 Å². The fourth-order valence-electron chi connectivity index (χ4n) is 4.95. The Labute approximate surface area is 218 Å². The van der Waals surface area contributed by atoms with Gasteiger partial charge in [-0.3, -0.25) is 4.98 Å². The van der Waals surface area contributed by atoms with Crippen molar-refractivity contribution in [2.45, 2.75) is 77.2 Å². The molecule has 0 radical (unpaired) electrons. The molecule has 2 heterocycles. The van der Waals surface area contributed by atoms with Crippen molar-refractivity contribution in [3.05, 3.63) is 60.4 Å². The lowest BCUT2D eigenvalue weighted by atomic mass is 9.77. The number of carbonyl (C=O) groups is 1. The monoisotopic (exact) mass is 507 g/mol. The second-order valence-corrected chi connectivity index (χ2v) is 12.0. The Morgan fingerprint density at radius 1 is 1.28 bits per heavy atom. The van der Waals surface area contributed by atoms with Crippen LogP contribution in [0.1, 0.15) is 71.6 Å². The number of ether oxygens (including phenoxy) is 1. The molecule has 2 fully saturated rings. The summed E-state index contributed by atoms with van der Waals surface area (Å²) in [7, 11) is -1.23. The molecule has 2 aliphatic rings. The highest BCUT2D eigenvalue weighted by Gasteiger charge is 2.50. The van der Waals surface area contributed by atoms with Crippen molar-refractivity contribution in [3.8, 4) is 17.2 Å². The molecule has 5 unspecified atom stereocenters. The van der Waals surface area contributed by atoms with Gasteiger partial charge in [0.15, 0.2) is 0 Å². The van der Waals surface area contributed by atoms with Crippen molar-refractivity contribution in [3.63, 3.8) is 0 Å². The maximum absolute atomic E-state index is 12.6. The molecule has 4 rings (SSSR count). The van der Waals surface area contributed by atoms with Crippen LogP contribution in [0.4, 0.5) is 4.79 Å². The van der Waals surface area contributed by atoms with Crippen LogP contribution in [0.5, 0.6) is 0 Å². The van der Waals surface area contributed by atoms with E-state index in [1.54, 1.807) is 18.3 Å². The maximum atomic E-state index is 12.6. The summed E-state index contributed by atoms with van der Waals surface area (Å²) in [6.07, 6.45) is 7.40. The molecule has 2 aromatic rings. The first-order valence-corrected chi connectivity index (χ1v) is 13.8. The van der Waals surface area contributed by atoms with Crippen molar-refractivity contribution < 1.29 is 13.7 Å². The SMILES string of the molecule is C=Cc1ccc(-c2ccccc2C#N)cn1.CCC1CCC2C(C1)C(C)N(C(=O)OC(C)(C)C)S2=O. The minimum Gasteiger partial charge on any atom is -0.443 e. The summed E-state index contributed by atoms with van der Waals surface area (Å²) in [6, 6.07) is 13.5. The number of amides is 1. The lowest BCUT2D eigenvalue weighted by Crippen LogP contribution is -2.40. The molecule has 5 atom stereocenters. The second kappa shape index (κ2) is 11.8. The third-order valence-corrected chi connectivity index (χ3v) is 8.86. The zero-order chi connectivity index (χ0) is 26.5. The molecule has 1 amide bonds. The number of aromatic nitrogens is 1. The molecule has 1 aromatic heterocycles. The van der Waals surface area contributed by atoms with Gasteiger partial charge in [-0.15, -0.1) is 0 Å². The van der Waals surface area contributed by atoms with Crippen LogP contribution in [0.15, 0.2) is 49.2 Å². The van der Waals surface area contributed by atoms with Gasteiger partial charge in [0, 0.05) is 17.3 Å². The third kappa shape index (κ3) is 6.41. The van der Waals surface area contributed by atoms with Crippen LogP contribution in [0.2, 0.25) is 0 Å². The Morgan fingerprint density at radius 2 is 2.00 bits per heavy atom. The van der Waals surface area contributed by atoms with Crippen LogP contribution in [0.3, 0.4) is 0 Å². The Bertz CT molecular complexity index is 1130. The number of fused-ring (bicyclic) bond motifs is 1. The Kier molecular flexibility index (Phi) is 9.08. The van der Waals surface area contributed by atoms with Gasteiger partial charge in [0.2, 0.25) is 0 Å². The highest BCUT2D eigenvalue weighted by Crippen LogP contribution is 2.43. The van der Waals surface area contributed by atoms with E-state index in [9.17, 15) is 9.00 Å². The lowest BCUT2D eigenvalue weighted by Gasteiger charge is -2.31. The van der Waals surface area contributed by atoms with Crippen LogP contribution in [-0.2, 0) is 15.7 Å². The van der Waals surface area contributed by atoms with Gasteiger partial charge in [-0.05, 0) is 77.0 Å². The van der Waals surface area contributed by atoms with Gasteiger partial charge in [0.25, 0.3) is 0 Å². The highest BCUT2D eigenvalue weighted by molar-refractivity contribution is 7.84. The summed E-state index contributed by atoms with van der Waals surface area (Å²) < 4.78 is 19.5. The van der Waals surface area contributed by atoms with Crippen LogP contribution in [0.25, 0.3) is 17.2 Å². The van der Waals surface area contributed by atoms with Crippen molar-refractivity contribution in [1.29, 1.82) is 5.26 Å². The maximum Gasteiger partial charge on any atom is 0.422 e. The molecule has 192 valence electrons. The van der Waals surface area contributed by atoms with E-state index in [4.69, 9.17) is 10.00 Å². The zero-order valence-corrected chi connectivity index (χ0v) is 22.8. The summed E-state index contributed by atoms with van der Waals surface area (Å²) in [5, 5.41) is 9.13. The standard InChI is InChI=1S/C15H27NO3S.C14H10N2/c1-6-11-7-8-13-12(9-11)10(2)16(20(13)18)14(17)19-15(3,4)5;1-2-13-8-7-12(10-16-13)14-6-4-3-5-11(14)9-15/h10-13H,6-9H2,1-5H3;2-8,10H,1H2. The smallest absolute Gasteiger partial charge is 0.422 e. The summed E-state index contributed by atoms with van der Waals surface area (Å²) in [5.41, 5.74) is 2.81. The van der Waals surface area contributed by atoms with Gasteiger partial charge in [0.1, 0.15) is 16.6 Å². The molecular formula is C29H37N3O3S. The largest absolute Gasteiger partial charge is 0.443 e. The van der Waals surface area contributed by atoms with Gasteiger partial charge >= 0.3 is 6.09 Å². The number of nitriles is 1. The van der Waals surface area contributed by atoms with E-state index in [0.717, 1.165) is 36.1 Å². The molecule has 7 heteroatoms. The predicted octanol–water partition coefficient (Wildman–Crippen LogP) is 6.75. The average molecular weight is 508 g/mol. The molecule has 1 saturated heterocycles. The molecule has 0 N–H and O–H groups in total. The normalized spacial score (nSPS) is 25.1. The van der Waals surface area contributed by atoms with Crippen LogP contribution in [0, 0.1) is 23.2 Å². The summed E-state index contributed by atoms with van der Waals surface area (Å²) in [6.45, 7) is 13.4. The number of nitrogens with zero attached hydrogens (tertiary/aromatic N) is 3. The number of hydrogen-bond donors (Lipinski definition) is 0. The number of pyridine rings is 1. The van der Waals surface area contributed by atoms with E-state index in [0.29, 0.717) is 17.4 Å². The van der Waals surface area contributed by atoms with E-state index in [-0.39, 0.29) is 11.3 Å². The molecular weight excluding hydrogens is 470 g/mol. The number of carbonyl (C=O) groups excluding carboxylic acids is 1. The van der Waals surface area contributed by atoms with Gasteiger partial charge in [-0.25, -0.2) is 13.3 Å². The summed E-state index contributed by atoms with van der Waals surface area (Å²) in [4.78, 5) is 16.5. The fourth-order valence-corrected chi connectivity index (χ4v) is 6.88. The van der Waals surface area contributed by atoms with Gasteiger partial charge < -0.3 is 4.74 Å². The Balaban J connectivity index is 0.000000205. The number of hydrogen-bond acceptors (Lipinski definition) is 5. The van der Waals surface area contributed by atoms with Crippen molar-refractivity contribution in [2.75, 3.05) is 0 Å². The van der Waals surface area contributed by atoms with E-state index in [1.165, 1.54) is 10.7 Å². The van der Waals surface area contributed by atoms with E-state index in [2.05, 4.69) is 24.6 Å². The minimum atomic E-state index is -1.23. The molecule has 1 aliphatic carbocycles. The van der Waals surface area contributed by atoms with E-state index < -0.39 is 22.7 Å². The molecule has 1 aliphatic heterocycles. The average Bonchev–Trinajstić information content (AvgIpc) is 3.12. The topological polar surface area (TPSA) is 83.3 Å². The number of benzene rings is 1. The first-order valence-electron chi connectivity index (χ1n) is 12.6. The molecule has 0 bridgehead atoms. The first-order chi connectivity index (χ1) is 17.1. The molecule has 6 nitrogen and oxygen atoms in total. The van der Waals surface area contributed by atoms with Crippen LogP contribution >= 0.6 is 0 Å². The van der Waals surface area contributed by atoms with Crippen molar-refractivity contribution in [2.24, 2.45) is 11.8 Å². The molecule has 0 spiro atoms. The lowest BCUT2D eigenvalue weighted by molar-refractivity contribution is 0.0336. The third-order valence-electron chi connectivity index (χ3n) is 6.89. The first kappa shape index (κ1) is 27.6. The van der Waals surface area contributed by atoms with Crippen LogP contribution in [-0.4, -0.2) is 36.5 Å². The molecule has 1 saturated carbocycles. The van der Waals surface area contributed by atoms with Crippen molar-refractivity contribution in [1.82, 2.24) is 9.29 Å². The van der Waals surface area contributed by atoms with E-state index >= 15 is 0 Å². The van der Waals surface area contributed by atoms with Crippen molar-refractivity contribution >= 4 is 23.2 Å². The summed E-state index contributed by atoms with van der Waals surface area (Å²) in [5.74, 6) is 1.08. The van der Waals surface area contributed by atoms with Gasteiger partial charge in [0.05, 0.1) is 28.6 Å². The van der Waals surface area contributed by atoms with E-state index in [1.807, 2.05) is 58.0 Å². The summed E-state index contributed by atoms with van der Waals surface area (Å²) >= 11 is 0.